The van der Waals surface area contributed by atoms with Crippen molar-refractivity contribution < 1.29 is 8.42 Å². The minimum absolute atomic E-state index is 0.0862. The van der Waals surface area contributed by atoms with Gasteiger partial charge in [-0.05, 0) is 0 Å². The maximum atomic E-state index is 11.8. The summed E-state index contributed by atoms with van der Waals surface area (Å²) in [6, 6.07) is -0.715. The predicted molar refractivity (Wildman–Crippen MR) is 62.8 cm³/mol. The molecule has 0 radical (unpaired) electrons. The molecule has 0 aromatic rings. The number of amidine groups is 1. The molecule has 0 spiro atoms. The first-order valence-corrected chi connectivity index (χ1v) is 5.93. The topological polar surface area (TPSA) is 95.6 Å². The van der Waals surface area contributed by atoms with Crippen LogP contribution in [0.1, 0.15) is 0 Å². The fourth-order valence-corrected chi connectivity index (χ4v) is 2.38. The lowest BCUT2D eigenvalue weighted by Crippen LogP contribution is -2.41. The third-order valence-electron chi connectivity index (χ3n) is 1.95. The molecule has 2 aliphatic rings. The molecule has 0 bridgehead atoms. The first-order chi connectivity index (χ1) is 7.65. The number of rotatable bonds is 3. The fourth-order valence-electron chi connectivity index (χ4n) is 1.25. The Bertz CT molecular complexity index is 529. The molecule has 0 fully saturated rings. The normalized spacial score (nSPS) is 22.6. The third kappa shape index (κ3) is 1.84. The van der Waals surface area contributed by atoms with Crippen LogP contribution in [0.5, 0.6) is 0 Å². The van der Waals surface area contributed by atoms with Crippen LogP contribution in [-0.2, 0) is 10.0 Å². The van der Waals surface area contributed by atoms with Gasteiger partial charge in [0.15, 0.2) is 16.9 Å². The number of aliphatic imine (C=N–C) groups is 4. The van der Waals surface area contributed by atoms with Crippen LogP contribution in [0.3, 0.4) is 0 Å². The van der Waals surface area contributed by atoms with Crippen LogP contribution in [0, 0.1) is 0 Å². The Morgan fingerprint density at radius 3 is 3.00 bits per heavy atom. The van der Waals surface area contributed by atoms with E-state index in [2.05, 4.69) is 31.3 Å². The molecule has 16 heavy (non-hydrogen) atoms. The van der Waals surface area contributed by atoms with Crippen LogP contribution < -0.4 is 4.72 Å². The summed E-state index contributed by atoms with van der Waals surface area (Å²) in [4.78, 5) is 15.3. The molecule has 1 unspecified atom stereocenters. The van der Waals surface area contributed by atoms with Gasteiger partial charge in [-0.15, -0.1) is 6.58 Å². The second kappa shape index (κ2) is 4.06. The van der Waals surface area contributed by atoms with Crippen LogP contribution in [0.2, 0.25) is 0 Å². The van der Waals surface area contributed by atoms with Crippen LogP contribution in [0.25, 0.3) is 0 Å². The van der Waals surface area contributed by atoms with E-state index in [0.717, 1.165) is 6.34 Å². The summed E-state index contributed by atoms with van der Waals surface area (Å²) in [6.07, 6.45) is 3.88. The molecule has 2 aliphatic heterocycles. The Morgan fingerprint density at radius 2 is 2.25 bits per heavy atom. The molecule has 2 rings (SSSR count). The second-order valence-corrected chi connectivity index (χ2v) is 4.72. The summed E-state index contributed by atoms with van der Waals surface area (Å²) in [5.74, 6) is 0.342. The maximum absolute atomic E-state index is 11.8. The zero-order valence-corrected chi connectivity index (χ0v) is 9.05. The number of fused-ring (bicyclic) bond motifs is 1. The van der Waals surface area contributed by atoms with Crippen LogP contribution in [-0.4, -0.2) is 44.6 Å². The van der Waals surface area contributed by atoms with Gasteiger partial charge in [0.05, 0.1) is 0 Å². The van der Waals surface area contributed by atoms with Crippen molar-refractivity contribution in [3.63, 3.8) is 0 Å². The molecule has 1 N–H and O–H groups in total. The summed E-state index contributed by atoms with van der Waals surface area (Å²) in [6.45, 7) is 3.57. The predicted octanol–water partition coefficient (Wildman–Crippen LogP) is -0.659. The van der Waals surface area contributed by atoms with Crippen molar-refractivity contribution in [3.8, 4) is 0 Å². The molecule has 1 atom stereocenters. The molecule has 0 aromatic heterocycles. The standard InChI is InChI=1S/C8H9N5O2S/c1-2-3-13-16(14,15)8-6-7(10-4-9-6)11-5-12-8/h2,4-6,13H,1,3H2. The quantitative estimate of drug-likeness (QED) is 0.662. The molecule has 0 saturated heterocycles. The lowest BCUT2D eigenvalue weighted by Gasteiger charge is -2.14. The van der Waals surface area contributed by atoms with Gasteiger partial charge >= 0.3 is 0 Å². The van der Waals surface area contributed by atoms with Crippen molar-refractivity contribution >= 4 is 33.6 Å². The van der Waals surface area contributed by atoms with Crippen LogP contribution in [0.4, 0.5) is 0 Å². The zero-order chi connectivity index (χ0) is 11.6. The van der Waals surface area contributed by atoms with Crippen LogP contribution in [0.15, 0.2) is 32.6 Å². The first kappa shape index (κ1) is 10.8. The summed E-state index contributed by atoms with van der Waals surface area (Å²) < 4.78 is 25.9. The molecule has 7 nitrogen and oxygen atoms in total. The number of sulfonamides is 1. The smallest absolute Gasteiger partial charge is 0.255 e. The van der Waals surface area contributed by atoms with Crippen molar-refractivity contribution in [1.82, 2.24) is 4.72 Å². The van der Waals surface area contributed by atoms with E-state index >= 15 is 0 Å². The molecule has 0 saturated carbocycles. The third-order valence-corrected chi connectivity index (χ3v) is 3.38. The Balaban J connectivity index is 2.30. The van der Waals surface area contributed by atoms with Crippen LogP contribution >= 0.6 is 0 Å². The minimum atomic E-state index is -3.66. The molecule has 2 heterocycles. The number of nitrogens with zero attached hydrogens (tertiary/aromatic N) is 4. The van der Waals surface area contributed by atoms with Crippen molar-refractivity contribution in [3.05, 3.63) is 12.7 Å². The highest BCUT2D eigenvalue weighted by molar-refractivity contribution is 8.05. The van der Waals surface area contributed by atoms with Gasteiger partial charge in [0.25, 0.3) is 10.0 Å². The summed E-state index contributed by atoms with van der Waals surface area (Å²) in [7, 11) is -3.66. The highest BCUT2D eigenvalue weighted by atomic mass is 32.2. The van der Waals surface area contributed by atoms with Gasteiger partial charge in [0.1, 0.15) is 12.7 Å². The Labute approximate surface area is 92.5 Å². The van der Waals surface area contributed by atoms with Crippen molar-refractivity contribution in [2.24, 2.45) is 20.0 Å². The Kier molecular flexibility index (Phi) is 2.75. The van der Waals surface area contributed by atoms with Gasteiger partial charge in [-0.25, -0.2) is 28.1 Å². The zero-order valence-electron chi connectivity index (χ0n) is 8.24. The number of hydrogen-bond donors (Lipinski definition) is 1. The molecular formula is C8H9N5O2S. The van der Waals surface area contributed by atoms with Gasteiger partial charge in [0.2, 0.25) is 0 Å². The first-order valence-electron chi connectivity index (χ1n) is 4.45. The van der Waals surface area contributed by atoms with E-state index < -0.39 is 16.1 Å². The lowest BCUT2D eigenvalue weighted by molar-refractivity contribution is 0.596. The van der Waals surface area contributed by atoms with E-state index in [-0.39, 0.29) is 11.6 Å². The largest absolute Gasteiger partial charge is 0.257 e. The molecule has 0 aliphatic carbocycles. The van der Waals surface area contributed by atoms with E-state index in [1.54, 1.807) is 0 Å². The summed E-state index contributed by atoms with van der Waals surface area (Å²) in [5.41, 5.74) is 0. The average molecular weight is 239 g/mol. The SMILES string of the molecule is C=CCNS(=O)(=O)C1=NC=NC2=NC=NC21. The highest BCUT2D eigenvalue weighted by Crippen LogP contribution is 2.12. The maximum Gasteiger partial charge on any atom is 0.257 e. The highest BCUT2D eigenvalue weighted by Gasteiger charge is 2.34. The summed E-state index contributed by atoms with van der Waals surface area (Å²) in [5, 5.41) is -0.0862. The van der Waals surface area contributed by atoms with Crippen molar-refractivity contribution in [1.29, 1.82) is 0 Å². The van der Waals surface area contributed by atoms with Gasteiger partial charge in [0, 0.05) is 6.54 Å². The minimum Gasteiger partial charge on any atom is -0.255 e. The number of nitrogens with one attached hydrogen (secondary N) is 1. The van der Waals surface area contributed by atoms with Crippen molar-refractivity contribution in [2.75, 3.05) is 6.54 Å². The molecule has 84 valence electrons. The average Bonchev–Trinajstić information content (AvgIpc) is 2.73. The lowest BCUT2D eigenvalue weighted by atomic mass is 10.3. The van der Waals surface area contributed by atoms with E-state index in [0.29, 0.717) is 5.84 Å². The Morgan fingerprint density at radius 1 is 1.44 bits per heavy atom. The van der Waals surface area contributed by atoms with Gasteiger partial charge in [-0.1, -0.05) is 6.08 Å². The second-order valence-electron chi connectivity index (χ2n) is 3.01. The van der Waals surface area contributed by atoms with E-state index in [1.165, 1.54) is 12.4 Å². The molecule has 0 aromatic carbocycles. The fraction of sp³-hybridized carbons (Fsp3) is 0.250. The van der Waals surface area contributed by atoms with E-state index in [4.69, 9.17) is 0 Å². The Hall–Kier alpha value is -1.67. The van der Waals surface area contributed by atoms with Gasteiger partial charge in [-0.3, -0.25) is 4.99 Å². The molecular weight excluding hydrogens is 230 g/mol. The molecule has 8 heteroatoms. The number of hydrogen-bond acceptors (Lipinski definition) is 6. The molecule has 0 amide bonds. The van der Waals surface area contributed by atoms with Crippen molar-refractivity contribution in [2.45, 2.75) is 6.04 Å². The van der Waals surface area contributed by atoms with Gasteiger partial charge in [-0.2, -0.15) is 0 Å². The summed E-state index contributed by atoms with van der Waals surface area (Å²) >= 11 is 0. The monoisotopic (exact) mass is 239 g/mol. The van der Waals surface area contributed by atoms with Gasteiger partial charge < -0.3 is 0 Å². The van der Waals surface area contributed by atoms with E-state index in [9.17, 15) is 8.42 Å². The van der Waals surface area contributed by atoms with E-state index in [1.807, 2.05) is 0 Å².